The fraction of sp³-hybridized carbons (Fsp3) is 0.560. The molecule has 2 amide bonds. The van der Waals surface area contributed by atoms with Crippen LogP contribution in [0.3, 0.4) is 0 Å². The number of carbonyl (C=O) groups excluding carboxylic acids is 3. The van der Waals surface area contributed by atoms with Crippen molar-refractivity contribution in [2.24, 2.45) is 0 Å². The molecule has 2 aliphatic rings. The Kier molecular flexibility index (Phi) is 7.36. The summed E-state index contributed by atoms with van der Waals surface area (Å²) in [6.07, 6.45) is -4.08. The van der Waals surface area contributed by atoms with Crippen molar-refractivity contribution in [3.63, 3.8) is 0 Å². The molecule has 7 nitrogen and oxygen atoms in total. The van der Waals surface area contributed by atoms with E-state index in [9.17, 15) is 27.6 Å². The van der Waals surface area contributed by atoms with E-state index in [0.29, 0.717) is 12.0 Å². The summed E-state index contributed by atoms with van der Waals surface area (Å²) >= 11 is 0. The maximum Gasteiger partial charge on any atom is 0.416 e. The lowest BCUT2D eigenvalue weighted by Crippen LogP contribution is -2.58. The summed E-state index contributed by atoms with van der Waals surface area (Å²) in [4.78, 5) is 42.2. The highest BCUT2D eigenvalue weighted by atomic mass is 19.4. The van der Waals surface area contributed by atoms with Crippen molar-refractivity contribution in [3.05, 3.63) is 40.5 Å². The number of nitrogens with one attached hydrogen (secondary N) is 1. The van der Waals surface area contributed by atoms with Gasteiger partial charge in [-0.2, -0.15) is 13.2 Å². The van der Waals surface area contributed by atoms with Crippen molar-refractivity contribution in [1.29, 1.82) is 0 Å². The number of rotatable bonds is 4. The minimum absolute atomic E-state index is 0.00261. The normalized spacial score (nSPS) is 21.7. The van der Waals surface area contributed by atoms with Crippen LogP contribution in [-0.4, -0.2) is 60.5 Å². The van der Waals surface area contributed by atoms with Gasteiger partial charge in [-0.05, 0) is 65.8 Å². The van der Waals surface area contributed by atoms with Gasteiger partial charge in [0.2, 0.25) is 5.91 Å². The first kappa shape index (κ1) is 26.7. The van der Waals surface area contributed by atoms with Crippen LogP contribution in [-0.2, 0) is 31.7 Å². The van der Waals surface area contributed by atoms with Gasteiger partial charge in [-0.1, -0.05) is 17.2 Å². The van der Waals surface area contributed by atoms with Gasteiger partial charge in [-0.25, -0.2) is 0 Å². The minimum Gasteiger partial charge on any atom is -0.459 e. The number of carbonyl (C=O) groups is 3. The van der Waals surface area contributed by atoms with Gasteiger partial charge in [0.05, 0.1) is 11.6 Å². The van der Waals surface area contributed by atoms with Crippen molar-refractivity contribution < 1.29 is 32.3 Å². The van der Waals surface area contributed by atoms with E-state index < -0.39 is 47.8 Å². The number of halogens is 3. The molecule has 0 unspecified atom stereocenters. The number of nitrogens with zero attached hydrogens (tertiary/aromatic N) is 2. The SMILES string of the molecule is CN[C@H]1CC(C)=C(C)CN([C@H]2Cc3ccc(C(F)(F)F)cc3N(CC(=O)OC(C)(C)C)C2=O)C1=O. The van der Waals surface area contributed by atoms with E-state index >= 15 is 0 Å². The zero-order valence-electron chi connectivity index (χ0n) is 20.9. The second kappa shape index (κ2) is 9.64. The van der Waals surface area contributed by atoms with Crippen LogP contribution in [0.4, 0.5) is 18.9 Å². The molecule has 2 aliphatic heterocycles. The number of benzene rings is 1. The third-order valence-corrected chi connectivity index (χ3v) is 6.33. The van der Waals surface area contributed by atoms with Gasteiger partial charge in [0.1, 0.15) is 18.2 Å². The monoisotopic (exact) mass is 495 g/mol. The zero-order valence-corrected chi connectivity index (χ0v) is 20.9. The fourth-order valence-corrected chi connectivity index (χ4v) is 4.39. The molecule has 0 aliphatic carbocycles. The topological polar surface area (TPSA) is 79.0 Å². The number of amides is 2. The predicted molar refractivity (Wildman–Crippen MR) is 125 cm³/mol. The Balaban J connectivity index is 2.06. The molecule has 0 aromatic heterocycles. The lowest BCUT2D eigenvalue weighted by Gasteiger charge is -2.40. The van der Waals surface area contributed by atoms with Gasteiger partial charge in [0.25, 0.3) is 5.91 Å². The number of alkyl halides is 3. The van der Waals surface area contributed by atoms with E-state index in [1.54, 1.807) is 27.8 Å². The smallest absolute Gasteiger partial charge is 0.416 e. The van der Waals surface area contributed by atoms with Crippen LogP contribution >= 0.6 is 0 Å². The molecule has 10 heteroatoms. The van der Waals surface area contributed by atoms with Gasteiger partial charge < -0.3 is 15.0 Å². The van der Waals surface area contributed by atoms with E-state index in [1.165, 1.54) is 11.0 Å². The third kappa shape index (κ3) is 5.86. The second-order valence-corrected chi connectivity index (χ2v) is 10.1. The first-order chi connectivity index (χ1) is 16.1. The Hall–Kier alpha value is -2.88. The van der Waals surface area contributed by atoms with Crippen molar-refractivity contribution >= 4 is 23.5 Å². The molecular formula is C25H32F3N3O4. The molecule has 0 saturated heterocycles. The molecule has 35 heavy (non-hydrogen) atoms. The number of fused-ring (bicyclic) bond motifs is 1. The highest BCUT2D eigenvalue weighted by Crippen LogP contribution is 2.37. The molecule has 1 aromatic carbocycles. The summed E-state index contributed by atoms with van der Waals surface area (Å²) in [5.41, 5.74) is 0.661. The number of hydrogen-bond acceptors (Lipinski definition) is 5. The van der Waals surface area contributed by atoms with E-state index in [2.05, 4.69) is 5.32 Å². The van der Waals surface area contributed by atoms with Crippen LogP contribution in [0.5, 0.6) is 0 Å². The molecule has 1 aromatic rings. The van der Waals surface area contributed by atoms with Crippen molar-refractivity contribution in [3.8, 4) is 0 Å². The molecule has 0 bridgehead atoms. The molecule has 2 heterocycles. The maximum absolute atomic E-state index is 13.7. The third-order valence-electron chi connectivity index (χ3n) is 6.33. The van der Waals surface area contributed by atoms with Crippen molar-refractivity contribution in [2.75, 3.05) is 25.0 Å². The molecule has 0 radical (unpaired) electrons. The van der Waals surface area contributed by atoms with Crippen molar-refractivity contribution in [1.82, 2.24) is 10.2 Å². The van der Waals surface area contributed by atoms with Crippen LogP contribution in [0, 0.1) is 0 Å². The zero-order chi connectivity index (χ0) is 26.3. The number of hydrogen-bond donors (Lipinski definition) is 1. The van der Waals surface area contributed by atoms with Crippen LogP contribution in [0.15, 0.2) is 29.3 Å². The van der Waals surface area contributed by atoms with Gasteiger partial charge >= 0.3 is 12.1 Å². The fourth-order valence-electron chi connectivity index (χ4n) is 4.39. The molecule has 192 valence electrons. The molecular weight excluding hydrogens is 463 g/mol. The molecule has 0 saturated carbocycles. The summed E-state index contributed by atoms with van der Waals surface area (Å²) in [7, 11) is 1.67. The standard InChI is InChI=1S/C25H32F3N3O4/c1-14-9-18(29-6)22(33)30(12-15(14)2)20-10-16-7-8-17(25(26,27)28)11-19(16)31(23(20)34)13-21(32)35-24(3,4)5/h7-8,11,18,20,29H,9-10,12-13H2,1-6H3/t18-,20-/m0/s1. The average Bonchev–Trinajstić information content (AvgIpc) is 2.84. The molecule has 0 spiro atoms. The number of anilines is 1. The lowest BCUT2D eigenvalue weighted by atomic mass is 9.93. The van der Waals surface area contributed by atoms with E-state index in [1.807, 2.05) is 13.8 Å². The first-order valence-electron chi connectivity index (χ1n) is 11.5. The maximum atomic E-state index is 13.7. The number of likely N-dealkylation sites (N-methyl/N-ethyl adjacent to an activating group) is 1. The van der Waals surface area contributed by atoms with Crippen LogP contribution in [0.2, 0.25) is 0 Å². The quantitative estimate of drug-likeness (QED) is 0.511. The van der Waals surface area contributed by atoms with Gasteiger partial charge in [0, 0.05) is 18.7 Å². The summed E-state index contributed by atoms with van der Waals surface area (Å²) in [5, 5.41) is 2.99. The molecule has 1 N–H and O–H groups in total. The Morgan fingerprint density at radius 2 is 1.74 bits per heavy atom. The largest absolute Gasteiger partial charge is 0.459 e. The summed E-state index contributed by atoms with van der Waals surface area (Å²) in [6, 6.07) is 1.64. The first-order valence-corrected chi connectivity index (χ1v) is 11.5. The predicted octanol–water partition coefficient (Wildman–Crippen LogP) is 3.46. The van der Waals surface area contributed by atoms with Gasteiger partial charge in [-0.3, -0.25) is 19.3 Å². The Bertz CT molecular complexity index is 1060. The summed E-state index contributed by atoms with van der Waals surface area (Å²) < 4.78 is 45.6. The van der Waals surface area contributed by atoms with Gasteiger partial charge in [-0.15, -0.1) is 0 Å². The Morgan fingerprint density at radius 1 is 1.09 bits per heavy atom. The highest BCUT2D eigenvalue weighted by Gasteiger charge is 2.43. The van der Waals surface area contributed by atoms with E-state index in [0.717, 1.165) is 28.2 Å². The molecule has 3 rings (SSSR count). The number of ether oxygens (including phenoxy) is 1. The number of esters is 1. The van der Waals surface area contributed by atoms with Crippen molar-refractivity contribution in [2.45, 2.75) is 71.3 Å². The lowest BCUT2D eigenvalue weighted by molar-refractivity contribution is -0.154. The summed E-state index contributed by atoms with van der Waals surface area (Å²) in [6.45, 7) is 8.46. The molecule has 0 fully saturated rings. The second-order valence-electron chi connectivity index (χ2n) is 10.1. The molecule has 2 atom stereocenters. The highest BCUT2D eigenvalue weighted by molar-refractivity contribution is 6.05. The van der Waals surface area contributed by atoms with Crippen LogP contribution < -0.4 is 10.2 Å². The van der Waals surface area contributed by atoms with Crippen LogP contribution in [0.1, 0.15) is 52.2 Å². The Morgan fingerprint density at radius 3 is 2.31 bits per heavy atom. The Labute approximate surface area is 203 Å². The summed E-state index contributed by atoms with van der Waals surface area (Å²) in [5.74, 6) is -1.63. The van der Waals surface area contributed by atoms with E-state index in [4.69, 9.17) is 4.74 Å². The van der Waals surface area contributed by atoms with Crippen LogP contribution in [0.25, 0.3) is 0 Å². The minimum atomic E-state index is -4.62. The van der Waals surface area contributed by atoms with E-state index in [-0.39, 0.29) is 24.6 Å². The average molecular weight is 496 g/mol. The van der Waals surface area contributed by atoms with Gasteiger partial charge in [0.15, 0.2) is 0 Å².